The molecule has 5 nitrogen and oxygen atoms in total. The average molecular weight is 212 g/mol. The molecule has 15 heavy (non-hydrogen) atoms. The van der Waals surface area contributed by atoms with E-state index in [0.29, 0.717) is 5.76 Å². The first-order valence-corrected chi connectivity index (χ1v) is 4.38. The molecule has 0 fully saturated rings. The first-order valence-electron chi connectivity index (χ1n) is 4.38. The van der Waals surface area contributed by atoms with E-state index in [9.17, 15) is 9.59 Å². The molecule has 0 saturated carbocycles. The molecule has 0 spiro atoms. The third-order valence-corrected chi connectivity index (χ3v) is 2.14. The van der Waals surface area contributed by atoms with Crippen molar-refractivity contribution in [3.05, 3.63) is 23.2 Å². The van der Waals surface area contributed by atoms with E-state index in [1.807, 2.05) is 0 Å². The normalized spacial score (nSPS) is 12.2. The Morgan fingerprint density at radius 2 is 2.13 bits per heavy atom. The second-order valence-electron chi connectivity index (χ2n) is 3.17. The second-order valence-corrected chi connectivity index (χ2v) is 3.17. The standard InChI is InChI=1S/C10H12O5/c1-5(9(11)12)8-4-7(6(2)15-8)10(13)14-3/h4-5H,1-3H3,(H,11,12). The molecule has 1 N–H and O–H groups in total. The van der Waals surface area contributed by atoms with Crippen LogP contribution in [0.25, 0.3) is 0 Å². The second kappa shape index (κ2) is 4.16. The van der Waals surface area contributed by atoms with Gasteiger partial charge in [-0.2, -0.15) is 0 Å². The lowest BCUT2D eigenvalue weighted by Gasteiger charge is -1.99. The molecule has 0 aliphatic heterocycles. The minimum atomic E-state index is -1.000. The maximum absolute atomic E-state index is 11.2. The Bertz CT molecular complexity index is 391. The third-order valence-electron chi connectivity index (χ3n) is 2.14. The van der Waals surface area contributed by atoms with Gasteiger partial charge in [-0.1, -0.05) is 0 Å². The zero-order chi connectivity index (χ0) is 11.6. The Morgan fingerprint density at radius 1 is 1.53 bits per heavy atom. The van der Waals surface area contributed by atoms with E-state index in [4.69, 9.17) is 9.52 Å². The number of carboxylic acid groups (broad SMARTS) is 1. The summed E-state index contributed by atoms with van der Waals surface area (Å²) in [5.74, 6) is -1.69. The number of methoxy groups -OCH3 is 1. The largest absolute Gasteiger partial charge is 0.481 e. The molecule has 1 aromatic rings. The summed E-state index contributed by atoms with van der Waals surface area (Å²) in [7, 11) is 1.26. The number of carbonyl (C=O) groups excluding carboxylic acids is 1. The van der Waals surface area contributed by atoms with Crippen LogP contribution < -0.4 is 0 Å². The van der Waals surface area contributed by atoms with E-state index in [1.165, 1.54) is 20.1 Å². The van der Waals surface area contributed by atoms with Crippen molar-refractivity contribution < 1.29 is 23.8 Å². The maximum Gasteiger partial charge on any atom is 0.341 e. The molecule has 0 aliphatic rings. The fourth-order valence-electron chi connectivity index (χ4n) is 1.15. The summed E-state index contributed by atoms with van der Waals surface area (Å²) in [6.45, 7) is 3.08. The van der Waals surface area contributed by atoms with Gasteiger partial charge >= 0.3 is 11.9 Å². The summed E-state index contributed by atoms with van der Waals surface area (Å²) >= 11 is 0. The van der Waals surface area contributed by atoms with Gasteiger partial charge in [-0.25, -0.2) is 4.79 Å². The van der Waals surface area contributed by atoms with E-state index in [-0.39, 0.29) is 11.3 Å². The Balaban J connectivity index is 3.05. The molecule has 0 bridgehead atoms. The van der Waals surface area contributed by atoms with Gasteiger partial charge < -0.3 is 14.3 Å². The SMILES string of the molecule is COC(=O)c1cc(C(C)C(=O)O)oc1C. The highest BCUT2D eigenvalue weighted by Gasteiger charge is 2.22. The van der Waals surface area contributed by atoms with Crippen LogP contribution in [0.1, 0.15) is 34.7 Å². The number of rotatable bonds is 3. The van der Waals surface area contributed by atoms with Crippen LogP contribution in [0.5, 0.6) is 0 Å². The van der Waals surface area contributed by atoms with E-state index < -0.39 is 17.9 Å². The molecule has 1 heterocycles. The fourth-order valence-corrected chi connectivity index (χ4v) is 1.15. The first-order chi connectivity index (χ1) is 6.97. The van der Waals surface area contributed by atoms with Crippen LogP contribution in [0.2, 0.25) is 0 Å². The highest BCUT2D eigenvalue weighted by atomic mass is 16.5. The van der Waals surface area contributed by atoms with Crippen molar-refractivity contribution >= 4 is 11.9 Å². The fraction of sp³-hybridized carbons (Fsp3) is 0.400. The molecule has 1 aromatic heterocycles. The number of esters is 1. The quantitative estimate of drug-likeness (QED) is 0.769. The number of aliphatic carboxylic acids is 1. The summed E-state index contributed by atoms with van der Waals surface area (Å²) in [5.41, 5.74) is 0.264. The van der Waals surface area contributed by atoms with Gasteiger partial charge in [0.25, 0.3) is 0 Å². The van der Waals surface area contributed by atoms with Crippen LogP contribution in [0.4, 0.5) is 0 Å². The zero-order valence-corrected chi connectivity index (χ0v) is 8.73. The molecule has 0 amide bonds. The van der Waals surface area contributed by atoms with Crippen molar-refractivity contribution in [2.75, 3.05) is 7.11 Å². The number of hydrogen-bond acceptors (Lipinski definition) is 4. The minimum Gasteiger partial charge on any atom is -0.481 e. The van der Waals surface area contributed by atoms with Gasteiger partial charge in [-0.15, -0.1) is 0 Å². The highest BCUT2D eigenvalue weighted by molar-refractivity contribution is 5.91. The lowest BCUT2D eigenvalue weighted by atomic mass is 10.1. The number of aryl methyl sites for hydroxylation is 1. The van der Waals surface area contributed by atoms with Crippen molar-refractivity contribution in [3.63, 3.8) is 0 Å². The van der Waals surface area contributed by atoms with Crippen molar-refractivity contribution in [2.24, 2.45) is 0 Å². The molecule has 0 radical (unpaired) electrons. The van der Waals surface area contributed by atoms with Crippen molar-refractivity contribution in [3.8, 4) is 0 Å². The minimum absolute atomic E-state index is 0.250. The van der Waals surface area contributed by atoms with Crippen molar-refractivity contribution in [1.82, 2.24) is 0 Å². The molecule has 0 aliphatic carbocycles. The van der Waals surface area contributed by atoms with Gasteiger partial charge in [0.1, 0.15) is 23.0 Å². The van der Waals surface area contributed by atoms with E-state index in [0.717, 1.165) is 0 Å². The van der Waals surface area contributed by atoms with E-state index >= 15 is 0 Å². The average Bonchev–Trinajstić information content (AvgIpc) is 2.57. The molecule has 0 aromatic carbocycles. The number of ether oxygens (including phenoxy) is 1. The monoisotopic (exact) mass is 212 g/mol. The highest BCUT2D eigenvalue weighted by Crippen LogP contribution is 2.22. The van der Waals surface area contributed by atoms with Crippen LogP contribution >= 0.6 is 0 Å². The number of hydrogen-bond donors (Lipinski definition) is 1. The van der Waals surface area contributed by atoms with Crippen LogP contribution in [0, 0.1) is 6.92 Å². The lowest BCUT2D eigenvalue weighted by molar-refractivity contribution is -0.138. The lowest BCUT2D eigenvalue weighted by Crippen LogP contribution is -2.06. The number of carbonyl (C=O) groups is 2. The van der Waals surface area contributed by atoms with Gasteiger partial charge in [0.15, 0.2) is 0 Å². The summed E-state index contributed by atoms with van der Waals surface area (Å²) in [6.07, 6.45) is 0. The summed E-state index contributed by atoms with van der Waals surface area (Å²) in [6, 6.07) is 1.40. The van der Waals surface area contributed by atoms with Crippen LogP contribution in [-0.2, 0) is 9.53 Å². The number of furan rings is 1. The topological polar surface area (TPSA) is 76.7 Å². The van der Waals surface area contributed by atoms with Gasteiger partial charge in [-0.3, -0.25) is 4.79 Å². The molecular weight excluding hydrogens is 200 g/mol. The van der Waals surface area contributed by atoms with Gasteiger partial charge in [0.05, 0.1) is 7.11 Å². The molecule has 1 unspecified atom stereocenters. The van der Waals surface area contributed by atoms with Crippen LogP contribution in [0.15, 0.2) is 10.5 Å². The van der Waals surface area contributed by atoms with Gasteiger partial charge in [-0.05, 0) is 19.9 Å². The van der Waals surface area contributed by atoms with Gasteiger partial charge in [0.2, 0.25) is 0 Å². The Labute approximate surface area is 86.6 Å². The van der Waals surface area contributed by atoms with Crippen molar-refractivity contribution in [2.45, 2.75) is 19.8 Å². The molecular formula is C10H12O5. The molecule has 1 atom stereocenters. The third kappa shape index (κ3) is 2.18. The van der Waals surface area contributed by atoms with E-state index in [1.54, 1.807) is 6.92 Å². The Hall–Kier alpha value is -1.78. The van der Waals surface area contributed by atoms with Crippen LogP contribution in [0.3, 0.4) is 0 Å². The van der Waals surface area contributed by atoms with E-state index in [2.05, 4.69) is 4.74 Å². The zero-order valence-electron chi connectivity index (χ0n) is 8.73. The van der Waals surface area contributed by atoms with Crippen LogP contribution in [-0.4, -0.2) is 24.2 Å². The first kappa shape index (κ1) is 11.3. The van der Waals surface area contributed by atoms with Crippen molar-refractivity contribution in [1.29, 1.82) is 0 Å². The Morgan fingerprint density at radius 3 is 2.60 bits per heavy atom. The molecule has 5 heteroatoms. The predicted octanol–water partition coefficient (Wildman–Crippen LogP) is 1.56. The molecule has 1 rings (SSSR count). The molecule has 0 saturated heterocycles. The summed E-state index contributed by atoms with van der Waals surface area (Å²) in [4.78, 5) is 21.9. The van der Waals surface area contributed by atoms with Gasteiger partial charge in [0, 0.05) is 0 Å². The smallest absolute Gasteiger partial charge is 0.341 e. The Kier molecular flexibility index (Phi) is 3.14. The maximum atomic E-state index is 11.2. The summed E-state index contributed by atoms with van der Waals surface area (Å²) in [5, 5.41) is 8.76. The number of carboxylic acids is 1. The predicted molar refractivity (Wildman–Crippen MR) is 50.8 cm³/mol. The molecule has 82 valence electrons. The summed E-state index contributed by atoms with van der Waals surface area (Å²) < 4.78 is 9.70.